The van der Waals surface area contributed by atoms with E-state index in [2.05, 4.69) is 23.5 Å². The SMILES string of the molecule is O=C1NCCN(C(=O)Cc2ccc(F)cc2)C[C@H]1Cc1ccccc1-c1ccccc1. The molecule has 1 heterocycles. The third-order valence-corrected chi connectivity index (χ3v) is 5.68. The van der Waals surface area contributed by atoms with Crippen molar-refractivity contribution in [2.45, 2.75) is 12.8 Å². The number of halogens is 1. The molecule has 0 bridgehead atoms. The minimum Gasteiger partial charge on any atom is -0.354 e. The van der Waals surface area contributed by atoms with E-state index in [0.717, 1.165) is 22.3 Å². The van der Waals surface area contributed by atoms with E-state index in [1.54, 1.807) is 17.0 Å². The lowest BCUT2D eigenvalue weighted by Crippen LogP contribution is -2.38. The summed E-state index contributed by atoms with van der Waals surface area (Å²) in [5, 5.41) is 2.95. The van der Waals surface area contributed by atoms with Gasteiger partial charge in [0, 0.05) is 19.6 Å². The van der Waals surface area contributed by atoms with Gasteiger partial charge in [0.25, 0.3) is 0 Å². The number of hydrogen-bond donors (Lipinski definition) is 1. The van der Waals surface area contributed by atoms with Crippen LogP contribution in [0.4, 0.5) is 4.39 Å². The first-order chi connectivity index (χ1) is 15.1. The highest BCUT2D eigenvalue weighted by atomic mass is 19.1. The third-order valence-electron chi connectivity index (χ3n) is 5.68. The van der Waals surface area contributed by atoms with Gasteiger partial charge in [-0.1, -0.05) is 66.7 Å². The molecular formula is C26H25FN2O2. The van der Waals surface area contributed by atoms with Crippen LogP contribution >= 0.6 is 0 Å². The van der Waals surface area contributed by atoms with Crippen molar-refractivity contribution in [3.05, 3.63) is 95.8 Å². The minimum atomic E-state index is -0.329. The average Bonchev–Trinajstić information content (AvgIpc) is 2.98. The van der Waals surface area contributed by atoms with Crippen LogP contribution < -0.4 is 5.32 Å². The van der Waals surface area contributed by atoms with E-state index in [1.807, 2.05) is 36.4 Å². The van der Waals surface area contributed by atoms with Crippen molar-refractivity contribution in [2.75, 3.05) is 19.6 Å². The van der Waals surface area contributed by atoms with Gasteiger partial charge < -0.3 is 10.2 Å². The number of hydrogen-bond acceptors (Lipinski definition) is 2. The quantitative estimate of drug-likeness (QED) is 0.687. The number of carbonyl (C=O) groups excluding carboxylic acids is 2. The predicted molar refractivity (Wildman–Crippen MR) is 119 cm³/mol. The summed E-state index contributed by atoms with van der Waals surface area (Å²) in [6, 6.07) is 24.2. The van der Waals surface area contributed by atoms with Crippen LogP contribution in [0.25, 0.3) is 11.1 Å². The van der Waals surface area contributed by atoms with Gasteiger partial charge in [-0.05, 0) is 40.8 Å². The number of nitrogens with one attached hydrogen (secondary N) is 1. The Kier molecular flexibility index (Phi) is 6.41. The fraction of sp³-hybridized carbons (Fsp3) is 0.231. The van der Waals surface area contributed by atoms with Crippen LogP contribution in [0, 0.1) is 11.7 Å². The van der Waals surface area contributed by atoms with Gasteiger partial charge in [0.2, 0.25) is 11.8 Å². The second-order valence-corrected chi connectivity index (χ2v) is 7.86. The Balaban J connectivity index is 1.51. The molecule has 3 aromatic rings. The third kappa shape index (κ3) is 5.18. The first-order valence-electron chi connectivity index (χ1n) is 10.5. The average molecular weight is 416 g/mol. The maximum absolute atomic E-state index is 13.1. The Morgan fingerprint density at radius 2 is 1.68 bits per heavy atom. The van der Waals surface area contributed by atoms with E-state index in [1.165, 1.54) is 12.1 Å². The van der Waals surface area contributed by atoms with Gasteiger partial charge >= 0.3 is 0 Å². The van der Waals surface area contributed by atoms with Crippen molar-refractivity contribution in [1.82, 2.24) is 10.2 Å². The predicted octanol–water partition coefficient (Wildman–Crippen LogP) is 3.85. The van der Waals surface area contributed by atoms with Crippen LogP contribution in [0.15, 0.2) is 78.9 Å². The molecule has 1 atom stereocenters. The van der Waals surface area contributed by atoms with Gasteiger partial charge in [-0.15, -0.1) is 0 Å². The van der Waals surface area contributed by atoms with Crippen LogP contribution in [0.1, 0.15) is 11.1 Å². The molecule has 31 heavy (non-hydrogen) atoms. The molecule has 0 unspecified atom stereocenters. The van der Waals surface area contributed by atoms with E-state index in [4.69, 9.17) is 0 Å². The molecule has 158 valence electrons. The number of amides is 2. The molecule has 1 saturated heterocycles. The van der Waals surface area contributed by atoms with E-state index >= 15 is 0 Å². The number of nitrogens with zero attached hydrogens (tertiary/aromatic N) is 1. The van der Waals surface area contributed by atoms with Gasteiger partial charge in [0.1, 0.15) is 5.82 Å². The molecule has 1 aliphatic rings. The molecule has 1 aliphatic heterocycles. The Labute approximate surface area is 181 Å². The molecule has 0 saturated carbocycles. The van der Waals surface area contributed by atoms with E-state index in [-0.39, 0.29) is 30.0 Å². The summed E-state index contributed by atoms with van der Waals surface area (Å²) >= 11 is 0. The second kappa shape index (κ2) is 9.56. The largest absolute Gasteiger partial charge is 0.354 e. The zero-order chi connectivity index (χ0) is 21.6. The fourth-order valence-corrected chi connectivity index (χ4v) is 4.03. The number of rotatable bonds is 5. The molecule has 4 rings (SSSR count). The molecule has 1 N–H and O–H groups in total. The Morgan fingerprint density at radius 3 is 2.45 bits per heavy atom. The summed E-state index contributed by atoms with van der Waals surface area (Å²) in [7, 11) is 0. The van der Waals surface area contributed by atoms with Crippen LogP contribution in [-0.2, 0) is 22.4 Å². The first kappa shape index (κ1) is 20.8. The van der Waals surface area contributed by atoms with E-state index < -0.39 is 0 Å². The molecule has 0 spiro atoms. The second-order valence-electron chi connectivity index (χ2n) is 7.86. The topological polar surface area (TPSA) is 49.4 Å². The lowest BCUT2D eigenvalue weighted by atomic mass is 9.91. The minimum absolute atomic E-state index is 0.0278. The van der Waals surface area contributed by atoms with Crippen molar-refractivity contribution in [3.8, 4) is 11.1 Å². The molecule has 2 amide bonds. The van der Waals surface area contributed by atoms with E-state index in [0.29, 0.717) is 26.1 Å². The normalized spacial score (nSPS) is 16.5. The highest BCUT2D eigenvalue weighted by molar-refractivity contribution is 5.83. The summed E-state index contributed by atoms with van der Waals surface area (Å²) in [4.78, 5) is 27.4. The Bertz CT molecular complexity index is 1050. The monoisotopic (exact) mass is 416 g/mol. The van der Waals surface area contributed by atoms with Crippen LogP contribution in [0.5, 0.6) is 0 Å². The molecule has 0 aliphatic carbocycles. The fourth-order valence-electron chi connectivity index (χ4n) is 4.03. The molecule has 1 fully saturated rings. The zero-order valence-corrected chi connectivity index (χ0v) is 17.3. The lowest BCUT2D eigenvalue weighted by Gasteiger charge is -2.24. The summed E-state index contributed by atoms with van der Waals surface area (Å²) in [6.07, 6.45) is 0.749. The highest BCUT2D eigenvalue weighted by Crippen LogP contribution is 2.26. The van der Waals surface area contributed by atoms with Crippen molar-refractivity contribution < 1.29 is 14.0 Å². The van der Waals surface area contributed by atoms with Gasteiger partial charge in [0.15, 0.2) is 0 Å². The van der Waals surface area contributed by atoms with Gasteiger partial charge in [-0.3, -0.25) is 9.59 Å². The molecule has 5 heteroatoms. The van der Waals surface area contributed by atoms with E-state index in [9.17, 15) is 14.0 Å². The Morgan fingerprint density at radius 1 is 0.968 bits per heavy atom. The first-order valence-corrected chi connectivity index (χ1v) is 10.5. The molecule has 0 aromatic heterocycles. The van der Waals surface area contributed by atoms with Crippen LogP contribution in [-0.4, -0.2) is 36.3 Å². The van der Waals surface area contributed by atoms with Crippen LogP contribution in [0.2, 0.25) is 0 Å². The molecule has 0 radical (unpaired) electrons. The number of benzene rings is 3. The van der Waals surface area contributed by atoms with Crippen molar-refractivity contribution >= 4 is 11.8 Å². The van der Waals surface area contributed by atoms with Crippen molar-refractivity contribution in [3.63, 3.8) is 0 Å². The molecule has 4 nitrogen and oxygen atoms in total. The Hall–Kier alpha value is -3.47. The zero-order valence-electron chi connectivity index (χ0n) is 17.3. The highest BCUT2D eigenvalue weighted by Gasteiger charge is 2.28. The molecule has 3 aromatic carbocycles. The van der Waals surface area contributed by atoms with Gasteiger partial charge in [0.05, 0.1) is 12.3 Å². The van der Waals surface area contributed by atoms with Gasteiger partial charge in [-0.2, -0.15) is 0 Å². The maximum atomic E-state index is 13.1. The maximum Gasteiger partial charge on any atom is 0.227 e. The summed E-state index contributed by atoms with van der Waals surface area (Å²) in [5.41, 5.74) is 4.06. The van der Waals surface area contributed by atoms with Crippen LogP contribution in [0.3, 0.4) is 0 Å². The smallest absolute Gasteiger partial charge is 0.227 e. The summed E-state index contributed by atoms with van der Waals surface area (Å²) in [5.74, 6) is -0.730. The van der Waals surface area contributed by atoms with Crippen molar-refractivity contribution in [1.29, 1.82) is 0 Å². The van der Waals surface area contributed by atoms with Crippen molar-refractivity contribution in [2.24, 2.45) is 5.92 Å². The molecular weight excluding hydrogens is 391 g/mol. The van der Waals surface area contributed by atoms with Gasteiger partial charge in [-0.25, -0.2) is 4.39 Å². The summed E-state index contributed by atoms with van der Waals surface area (Å²) < 4.78 is 13.1. The standard InChI is InChI=1S/C26H25FN2O2/c27-23-12-10-19(11-13-23)16-25(30)29-15-14-28-26(31)22(18-29)17-21-8-4-5-9-24(21)20-6-2-1-3-7-20/h1-13,22H,14-18H2,(H,28,31)/t22-/m1/s1. The summed E-state index contributed by atoms with van der Waals surface area (Å²) in [6.45, 7) is 1.28. The number of carbonyl (C=O) groups is 2. The lowest BCUT2D eigenvalue weighted by molar-refractivity contribution is -0.131.